The third kappa shape index (κ3) is 6.90. The van der Waals surface area contributed by atoms with Gasteiger partial charge in [0.25, 0.3) is 0 Å². The number of hydrogen-bond acceptors (Lipinski definition) is 7. The molecule has 8 heteroatoms. The van der Waals surface area contributed by atoms with E-state index in [9.17, 15) is 0 Å². The average molecular weight is 888 g/mol. The Kier molecular flexibility index (Phi) is 9.54. The molecule has 9 aromatic carbocycles. The van der Waals surface area contributed by atoms with Crippen molar-refractivity contribution in [3.63, 3.8) is 0 Å². The zero-order chi connectivity index (χ0) is 45.0. The lowest BCUT2D eigenvalue weighted by Gasteiger charge is -2.16. The summed E-state index contributed by atoms with van der Waals surface area (Å²) >= 11 is 1.83. The topological polar surface area (TPSA) is 82.3 Å². The summed E-state index contributed by atoms with van der Waals surface area (Å²) < 4.78 is 4.89. The van der Waals surface area contributed by atoms with Crippen LogP contribution in [0.2, 0.25) is 0 Å². The summed E-state index contributed by atoms with van der Waals surface area (Å²) in [4.78, 5) is 31.3. The van der Waals surface area contributed by atoms with Gasteiger partial charge in [0.05, 0.1) is 16.7 Å². The second-order valence-corrected chi connectivity index (χ2v) is 17.8. The highest BCUT2D eigenvalue weighted by Crippen LogP contribution is 2.45. The number of benzene rings is 9. The molecule has 4 heterocycles. The number of hydrogen-bond donors (Lipinski definition) is 0. The Morgan fingerprint density at radius 1 is 0.279 bits per heavy atom. The fourth-order valence-electron chi connectivity index (χ4n) is 9.33. The maximum atomic E-state index is 5.43. The van der Waals surface area contributed by atoms with Crippen LogP contribution in [-0.2, 0) is 0 Å². The predicted molar refractivity (Wildman–Crippen MR) is 278 cm³/mol. The van der Waals surface area contributed by atoms with Gasteiger partial charge in [-0.05, 0) is 59.7 Å². The highest BCUT2D eigenvalue weighted by atomic mass is 32.1. The first-order chi connectivity index (χ1) is 33.7. The van der Waals surface area contributed by atoms with Crippen molar-refractivity contribution in [1.82, 2.24) is 34.5 Å². The van der Waals surface area contributed by atoms with Crippen molar-refractivity contribution < 1.29 is 0 Å². The van der Waals surface area contributed by atoms with Crippen molar-refractivity contribution in [2.75, 3.05) is 0 Å². The molecule has 0 aliphatic carbocycles. The zero-order valence-corrected chi connectivity index (χ0v) is 37.2. The summed E-state index contributed by atoms with van der Waals surface area (Å²) in [5.74, 6) is 3.35. The quantitative estimate of drug-likeness (QED) is 0.151. The van der Waals surface area contributed by atoms with Gasteiger partial charge in [0.15, 0.2) is 34.9 Å². The van der Waals surface area contributed by atoms with Crippen LogP contribution in [0, 0.1) is 0 Å². The molecule has 0 bridgehead atoms. The van der Waals surface area contributed by atoms with Crippen molar-refractivity contribution in [2.24, 2.45) is 0 Å². The van der Waals surface area contributed by atoms with E-state index < -0.39 is 0 Å². The molecule has 0 N–H and O–H groups in total. The molecular formula is C60H37N7S. The number of thiophene rings is 1. The Morgan fingerprint density at radius 2 is 0.750 bits per heavy atom. The molecular weight excluding hydrogens is 851 g/mol. The summed E-state index contributed by atoms with van der Waals surface area (Å²) in [6, 6.07) is 77.4. The molecule has 68 heavy (non-hydrogen) atoms. The van der Waals surface area contributed by atoms with E-state index in [2.05, 4.69) is 132 Å². The van der Waals surface area contributed by atoms with Gasteiger partial charge in [0.2, 0.25) is 0 Å². The Balaban J connectivity index is 1.11. The first kappa shape index (κ1) is 39.4. The van der Waals surface area contributed by atoms with E-state index in [0.29, 0.717) is 34.9 Å². The summed E-state index contributed by atoms with van der Waals surface area (Å²) in [7, 11) is 0. The summed E-state index contributed by atoms with van der Waals surface area (Å²) in [5.41, 5.74) is 10.4. The Labute approximate surface area is 395 Å². The Hall–Kier alpha value is -8.98. The zero-order valence-electron chi connectivity index (χ0n) is 36.4. The smallest absolute Gasteiger partial charge is 0.166 e. The van der Waals surface area contributed by atoms with E-state index in [0.717, 1.165) is 61.2 Å². The number of rotatable bonds is 8. The lowest BCUT2D eigenvalue weighted by atomic mass is 10.0. The lowest BCUT2D eigenvalue weighted by Crippen LogP contribution is -2.05. The van der Waals surface area contributed by atoms with Crippen molar-refractivity contribution >= 4 is 53.3 Å². The molecule has 13 rings (SSSR count). The van der Waals surface area contributed by atoms with Crippen LogP contribution in [-0.4, -0.2) is 34.5 Å². The van der Waals surface area contributed by atoms with Crippen molar-refractivity contribution in [1.29, 1.82) is 0 Å². The van der Waals surface area contributed by atoms with Gasteiger partial charge in [-0.1, -0.05) is 176 Å². The van der Waals surface area contributed by atoms with Gasteiger partial charge in [-0.15, -0.1) is 11.3 Å². The van der Waals surface area contributed by atoms with Crippen LogP contribution in [0.3, 0.4) is 0 Å². The van der Waals surface area contributed by atoms with E-state index in [1.165, 1.54) is 30.9 Å². The van der Waals surface area contributed by atoms with Gasteiger partial charge < -0.3 is 4.57 Å². The van der Waals surface area contributed by atoms with Crippen LogP contribution in [0.4, 0.5) is 0 Å². The highest BCUT2D eigenvalue weighted by molar-refractivity contribution is 7.26. The van der Waals surface area contributed by atoms with Crippen molar-refractivity contribution in [2.45, 2.75) is 0 Å². The number of fused-ring (bicyclic) bond motifs is 7. The van der Waals surface area contributed by atoms with Crippen molar-refractivity contribution in [3.05, 3.63) is 224 Å². The normalized spacial score (nSPS) is 11.5. The van der Waals surface area contributed by atoms with Gasteiger partial charge in [0.1, 0.15) is 0 Å². The average Bonchev–Trinajstić information content (AvgIpc) is 3.97. The minimum Gasteiger partial charge on any atom is -0.308 e. The Morgan fingerprint density at radius 3 is 1.37 bits per heavy atom. The minimum atomic E-state index is 0.518. The van der Waals surface area contributed by atoms with E-state index in [4.69, 9.17) is 29.9 Å². The van der Waals surface area contributed by atoms with Crippen LogP contribution in [0.25, 0.3) is 127 Å². The molecule has 0 saturated heterocycles. The summed E-state index contributed by atoms with van der Waals surface area (Å²) in [6.07, 6.45) is 0. The molecule has 0 unspecified atom stereocenters. The number of nitrogens with zero attached hydrogens (tertiary/aromatic N) is 7. The second-order valence-electron chi connectivity index (χ2n) is 16.7. The largest absolute Gasteiger partial charge is 0.308 e. The van der Waals surface area contributed by atoms with E-state index in [1.807, 2.05) is 108 Å². The fraction of sp³-hybridized carbons (Fsp3) is 0. The lowest BCUT2D eigenvalue weighted by molar-refractivity contribution is 1.06. The maximum absolute atomic E-state index is 5.43. The summed E-state index contributed by atoms with van der Waals surface area (Å²) in [5, 5.41) is 4.89. The Bertz CT molecular complexity index is 3960. The highest BCUT2D eigenvalue weighted by Gasteiger charge is 2.23. The molecule has 0 aliphatic rings. The van der Waals surface area contributed by atoms with Crippen molar-refractivity contribution in [3.8, 4) is 85.1 Å². The maximum Gasteiger partial charge on any atom is 0.166 e. The first-order valence-electron chi connectivity index (χ1n) is 22.5. The molecule has 0 atom stereocenters. The number of para-hydroxylation sites is 1. The molecule has 0 saturated carbocycles. The minimum absolute atomic E-state index is 0.518. The van der Waals surface area contributed by atoms with Gasteiger partial charge in [-0.3, -0.25) is 0 Å². The standard InChI is InChI=1S/C60H37N7S/c1-5-18-38(19-6-1)42-26-17-27-43(36-42)58-64-57(41-24-11-4-12-25-41)65-60(66-58)47-37-44(59-62-55(39-20-7-2-8-21-39)61-56(63-59)40-22-9-3-10-23-40)32-33-49(47)67-48-30-15-13-28-45(48)53-50(67)34-35-52-54(53)46-29-14-16-31-51(46)68-52/h1-37H. The molecule has 7 nitrogen and oxygen atoms in total. The van der Waals surface area contributed by atoms with Gasteiger partial charge >= 0.3 is 0 Å². The molecule has 0 fully saturated rings. The van der Waals surface area contributed by atoms with E-state index in [-0.39, 0.29) is 0 Å². The van der Waals surface area contributed by atoms with Gasteiger partial charge in [-0.25, -0.2) is 29.9 Å². The van der Waals surface area contributed by atoms with Crippen LogP contribution < -0.4 is 0 Å². The number of aromatic nitrogens is 7. The molecule has 0 aliphatic heterocycles. The molecule has 4 aromatic heterocycles. The first-order valence-corrected chi connectivity index (χ1v) is 23.3. The van der Waals surface area contributed by atoms with Crippen LogP contribution in [0.5, 0.6) is 0 Å². The third-order valence-electron chi connectivity index (χ3n) is 12.5. The predicted octanol–water partition coefficient (Wildman–Crippen LogP) is 15.2. The van der Waals surface area contributed by atoms with Crippen LogP contribution in [0.1, 0.15) is 0 Å². The molecule has 0 radical (unpaired) electrons. The summed E-state index contributed by atoms with van der Waals surface area (Å²) in [6.45, 7) is 0. The fourth-order valence-corrected chi connectivity index (χ4v) is 10.4. The third-order valence-corrected chi connectivity index (χ3v) is 13.6. The molecule has 318 valence electrons. The van der Waals surface area contributed by atoms with Gasteiger partial charge in [-0.2, -0.15) is 0 Å². The molecule has 0 spiro atoms. The van der Waals surface area contributed by atoms with Crippen LogP contribution >= 0.6 is 11.3 Å². The van der Waals surface area contributed by atoms with E-state index in [1.54, 1.807) is 0 Å². The van der Waals surface area contributed by atoms with Gasteiger partial charge in [0, 0.05) is 64.3 Å². The van der Waals surface area contributed by atoms with Crippen LogP contribution in [0.15, 0.2) is 224 Å². The molecule has 0 amide bonds. The SMILES string of the molecule is c1ccc(-c2cccc(-c3nc(-c4ccccc4)nc(-c4cc(-c5nc(-c6ccccc6)nc(-c6ccccc6)n5)ccc4-n4c5ccccc5c5c6c(ccc54)sc4ccccc46)n3)c2)cc1. The molecule has 13 aromatic rings. The monoisotopic (exact) mass is 887 g/mol. The van der Waals surface area contributed by atoms with E-state index >= 15 is 0 Å². The second kappa shape index (κ2) is 16.5.